The van der Waals surface area contributed by atoms with E-state index >= 15 is 0 Å². The van der Waals surface area contributed by atoms with Gasteiger partial charge in [0, 0.05) is 17.4 Å². The number of aromatic hydroxyl groups is 1. The number of phenolic OH excluding ortho intramolecular Hbond substituents is 1. The maximum Gasteiger partial charge on any atom is 0.331 e. The van der Waals surface area contributed by atoms with E-state index in [4.69, 9.17) is 4.74 Å². The van der Waals surface area contributed by atoms with Crippen molar-refractivity contribution in [3.63, 3.8) is 0 Å². The van der Waals surface area contributed by atoms with Crippen LogP contribution in [0.25, 0.3) is 6.08 Å². The molecular weight excluding hydrogens is 580 g/mol. The molecule has 4 saturated carbocycles. The Hall–Kier alpha value is -2.90. The third-order valence-electron chi connectivity index (χ3n) is 14.6. The molecule has 4 N–H and O–H groups in total. The van der Waals surface area contributed by atoms with Crippen LogP contribution < -0.4 is 0 Å². The fraction of sp³-hybridized carbons (Fsp3) is 0.641. The summed E-state index contributed by atoms with van der Waals surface area (Å²) in [5.41, 5.74) is 0.952. The molecule has 5 aliphatic rings. The Kier molecular flexibility index (Phi) is 7.96. The molecule has 1 aromatic rings. The number of carbonyl (C=O) groups excluding carboxylic acids is 1. The summed E-state index contributed by atoms with van der Waals surface area (Å²) in [4.78, 5) is 26.0. The van der Waals surface area contributed by atoms with Gasteiger partial charge in [0.1, 0.15) is 11.9 Å². The molecule has 1 aromatic carbocycles. The Bertz CT molecular complexity index is 1480. The average molecular weight is 633 g/mol. The SMILES string of the molecule is C=C1CC[C@]2(C(=O)O)CC[C@]3(C)C(=CCC4[C@@]5(C)C[C@@H](O)[C@H](OC(=O)/C=C/c6ccc(O)cc6)[C@@](C)(CO)C5CC[C@]43C)C2[C@H]1C. The van der Waals surface area contributed by atoms with Crippen LogP contribution >= 0.6 is 0 Å². The Morgan fingerprint density at radius 3 is 2.39 bits per heavy atom. The van der Waals surface area contributed by atoms with Crippen molar-refractivity contribution in [2.75, 3.05) is 6.61 Å². The van der Waals surface area contributed by atoms with Crippen LogP contribution in [0, 0.1) is 50.7 Å². The Labute approximate surface area is 273 Å². The minimum absolute atomic E-state index is 0.0129. The highest BCUT2D eigenvalue weighted by Crippen LogP contribution is 2.75. The maximum absolute atomic E-state index is 13.1. The highest BCUT2D eigenvalue weighted by molar-refractivity contribution is 5.87. The third-order valence-corrected chi connectivity index (χ3v) is 14.6. The summed E-state index contributed by atoms with van der Waals surface area (Å²) in [6.07, 6.45) is 9.41. The molecule has 46 heavy (non-hydrogen) atoms. The van der Waals surface area contributed by atoms with Crippen molar-refractivity contribution in [3.8, 4) is 5.75 Å². The highest BCUT2D eigenvalue weighted by atomic mass is 16.6. The molecule has 7 nitrogen and oxygen atoms in total. The van der Waals surface area contributed by atoms with Crippen LogP contribution in [0.2, 0.25) is 0 Å². The van der Waals surface area contributed by atoms with Crippen molar-refractivity contribution in [2.24, 2.45) is 50.7 Å². The van der Waals surface area contributed by atoms with Crippen molar-refractivity contribution in [1.29, 1.82) is 0 Å². The van der Waals surface area contributed by atoms with Crippen molar-refractivity contribution in [2.45, 2.75) is 98.2 Å². The molecule has 3 unspecified atom stereocenters. The molecule has 0 radical (unpaired) electrons. The predicted molar refractivity (Wildman–Crippen MR) is 176 cm³/mol. The Balaban J connectivity index is 1.32. The van der Waals surface area contributed by atoms with Crippen LogP contribution in [0.5, 0.6) is 5.75 Å². The summed E-state index contributed by atoms with van der Waals surface area (Å²) in [7, 11) is 0. The minimum atomic E-state index is -0.947. The lowest BCUT2D eigenvalue weighted by atomic mass is 9.33. The second-order valence-corrected chi connectivity index (χ2v) is 16.4. The maximum atomic E-state index is 13.1. The number of esters is 1. The number of aliphatic hydroxyl groups excluding tert-OH is 2. The molecule has 0 aromatic heterocycles. The molecule has 0 aliphatic heterocycles. The first-order valence-corrected chi connectivity index (χ1v) is 17.2. The lowest BCUT2D eigenvalue weighted by Gasteiger charge is -2.71. The van der Waals surface area contributed by atoms with Crippen molar-refractivity contribution < 1.29 is 34.8 Å². The summed E-state index contributed by atoms with van der Waals surface area (Å²) >= 11 is 0. The number of fused-ring (bicyclic) bond motifs is 7. The van der Waals surface area contributed by atoms with Gasteiger partial charge in [-0.3, -0.25) is 4.79 Å². The van der Waals surface area contributed by atoms with Gasteiger partial charge in [-0.25, -0.2) is 4.79 Å². The summed E-state index contributed by atoms with van der Waals surface area (Å²) in [5.74, 6) is -0.846. The van der Waals surface area contributed by atoms with Gasteiger partial charge < -0.3 is 25.2 Å². The van der Waals surface area contributed by atoms with Crippen LogP contribution in [-0.4, -0.2) is 51.2 Å². The van der Waals surface area contributed by atoms with Gasteiger partial charge >= 0.3 is 11.9 Å². The largest absolute Gasteiger partial charge is 0.508 e. The van der Waals surface area contributed by atoms with Crippen LogP contribution in [0.4, 0.5) is 0 Å². The summed E-state index contributed by atoms with van der Waals surface area (Å²) in [5, 5.41) is 42.9. The topological polar surface area (TPSA) is 124 Å². The number of carbonyl (C=O) groups is 2. The van der Waals surface area contributed by atoms with Crippen LogP contribution in [0.1, 0.15) is 91.5 Å². The number of rotatable bonds is 5. The average Bonchev–Trinajstić information content (AvgIpc) is 3.00. The lowest BCUT2D eigenvalue weighted by Crippen LogP contribution is -2.68. The van der Waals surface area contributed by atoms with Gasteiger partial charge in [-0.1, -0.05) is 70.6 Å². The van der Waals surface area contributed by atoms with E-state index in [1.807, 2.05) is 6.92 Å². The lowest BCUT2D eigenvalue weighted by molar-refractivity contribution is -0.249. The Morgan fingerprint density at radius 1 is 1.04 bits per heavy atom. The number of aliphatic hydroxyl groups is 2. The van der Waals surface area contributed by atoms with E-state index in [-0.39, 0.29) is 52.3 Å². The number of aliphatic carboxylic acids is 1. The van der Waals surface area contributed by atoms with Gasteiger partial charge in [-0.05, 0) is 109 Å². The number of allylic oxidation sites excluding steroid dienone is 3. The normalized spacial score (nSPS) is 45.1. The number of carboxylic acids is 1. The number of phenols is 1. The second kappa shape index (κ2) is 11.1. The van der Waals surface area contributed by atoms with Gasteiger partial charge in [0.2, 0.25) is 0 Å². The minimum Gasteiger partial charge on any atom is -0.508 e. The molecule has 6 rings (SSSR count). The smallest absolute Gasteiger partial charge is 0.331 e. The zero-order chi connectivity index (χ0) is 33.4. The van der Waals surface area contributed by atoms with E-state index in [9.17, 15) is 30.0 Å². The first-order chi connectivity index (χ1) is 21.6. The van der Waals surface area contributed by atoms with E-state index in [0.717, 1.165) is 43.2 Å². The fourth-order valence-electron chi connectivity index (χ4n) is 11.8. The van der Waals surface area contributed by atoms with Gasteiger partial charge in [-0.15, -0.1) is 0 Å². The van der Waals surface area contributed by atoms with Crippen molar-refractivity contribution >= 4 is 18.0 Å². The van der Waals surface area contributed by atoms with Crippen molar-refractivity contribution in [3.05, 3.63) is 59.7 Å². The first kappa shape index (κ1) is 33.0. The number of hydrogen-bond acceptors (Lipinski definition) is 6. The standard InChI is InChI=1S/C39H52O7/c1-23-15-18-39(34(44)45)20-19-37(5)27(32(39)24(23)2)12-13-30-35(3)21-28(42)33(36(4,22-40)29(35)16-17-38(30,37)6)46-31(43)14-9-25-7-10-26(41)11-8-25/h7-12,14,24,28-30,32-33,40-42H,1,13,15-22H2,2-6H3,(H,44,45)/b14-9+/t24-,28+,29?,30?,32?,33-,35-,36-,37+,38+,39-/m0/s1. The van der Waals surface area contributed by atoms with E-state index in [0.29, 0.717) is 19.3 Å². The van der Waals surface area contributed by atoms with Crippen LogP contribution in [-0.2, 0) is 14.3 Å². The summed E-state index contributed by atoms with van der Waals surface area (Å²) in [6.45, 7) is 15.4. The highest BCUT2D eigenvalue weighted by Gasteiger charge is 2.71. The van der Waals surface area contributed by atoms with Gasteiger partial charge in [0.05, 0.1) is 18.1 Å². The fourth-order valence-corrected chi connectivity index (χ4v) is 11.8. The first-order valence-electron chi connectivity index (χ1n) is 17.2. The molecule has 5 aliphatic carbocycles. The zero-order valence-corrected chi connectivity index (χ0v) is 28.1. The third kappa shape index (κ3) is 4.51. The number of benzene rings is 1. The quantitative estimate of drug-likeness (QED) is 0.158. The predicted octanol–water partition coefficient (Wildman–Crippen LogP) is 6.92. The van der Waals surface area contributed by atoms with E-state index in [1.165, 1.54) is 11.6 Å². The molecule has 4 fully saturated rings. The summed E-state index contributed by atoms with van der Waals surface area (Å²) in [6, 6.07) is 6.48. The summed E-state index contributed by atoms with van der Waals surface area (Å²) < 4.78 is 5.97. The number of hydrogen-bond donors (Lipinski definition) is 4. The molecule has 0 saturated heterocycles. The van der Waals surface area contributed by atoms with Crippen LogP contribution in [0.15, 0.2) is 54.1 Å². The van der Waals surface area contributed by atoms with E-state index < -0.39 is 35.0 Å². The second-order valence-electron chi connectivity index (χ2n) is 16.4. The zero-order valence-electron chi connectivity index (χ0n) is 28.1. The molecule has 7 heteroatoms. The van der Waals surface area contributed by atoms with Crippen molar-refractivity contribution in [1.82, 2.24) is 0 Å². The molecule has 0 spiro atoms. The monoisotopic (exact) mass is 632 g/mol. The molecule has 11 atom stereocenters. The molecule has 0 bridgehead atoms. The Morgan fingerprint density at radius 2 is 1.74 bits per heavy atom. The number of ether oxygens (including phenoxy) is 1. The molecular formula is C39H52O7. The van der Waals surface area contributed by atoms with Gasteiger partial charge in [0.25, 0.3) is 0 Å². The van der Waals surface area contributed by atoms with E-state index in [2.05, 4.69) is 40.3 Å². The van der Waals surface area contributed by atoms with Gasteiger partial charge in [-0.2, -0.15) is 0 Å². The van der Waals surface area contributed by atoms with Gasteiger partial charge in [0.15, 0.2) is 0 Å². The molecule has 0 heterocycles. The number of carboxylic acid groups (broad SMARTS) is 1. The van der Waals surface area contributed by atoms with Crippen LogP contribution in [0.3, 0.4) is 0 Å². The van der Waals surface area contributed by atoms with E-state index in [1.54, 1.807) is 30.3 Å². The molecule has 0 amide bonds. The molecule has 250 valence electrons.